The minimum Gasteiger partial charge on any atom is -0.460 e. The fourth-order valence-corrected chi connectivity index (χ4v) is 2.77. The Balaban J connectivity index is 1.59. The molecule has 0 amide bonds. The number of aryl methyl sites for hydroxylation is 1. The van der Waals surface area contributed by atoms with Gasteiger partial charge in [-0.2, -0.15) is 0 Å². The Bertz CT molecular complexity index is 718. The third-order valence-corrected chi connectivity index (χ3v) is 3.95. The van der Waals surface area contributed by atoms with Crippen LogP contribution in [0, 0.1) is 12.7 Å². The van der Waals surface area contributed by atoms with Crippen molar-refractivity contribution >= 4 is 11.3 Å². The van der Waals surface area contributed by atoms with Gasteiger partial charge in [-0.05, 0) is 43.3 Å². The third kappa shape index (κ3) is 3.56. The van der Waals surface area contributed by atoms with E-state index < -0.39 is 0 Å². The number of nitrogens with zero attached hydrogens (tertiary/aromatic N) is 1. The van der Waals surface area contributed by atoms with E-state index in [-0.39, 0.29) is 5.82 Å². The highest BCUT2D eigenvalue weighted by atomic mass is 32.1. The molecule has 0 bridgehead atoms. The minimum atomic E-state index is -0.245. The van der Waals surface area contributed by atoms with Gasteiger partial charge in [0.1, 0.15) is 22.3 Å². The first kappa shape index (κ1) is 14.0. The lowest BCUT2D eigenvalue weighted by molar-refractivity contribution is 0.493. The summed E-state index contributed by atoms with van der Waals surface area (Å²) in [5.41, 5.74) is 0.873. The fourth-order valence-electron chi connectivity index (χ4n) is 2.02. The lowest BCUT2D eigenvalue weighted by atomic mass is 10.2. The SMILES string of the molecule is Cc1cnc(CNCc2ccc(-c3ccc(F)cc3)o2)s1. The molecule has 3 aromatic rings. The summed E-state index contributed by atoms with van der Waals surface area (Å²) < 4.78 is 18.6. The first-order valence-electron chi connectivity index (χ1n) is 6.67. The molecule has 0 aliphatic rings. The van der Waals surface area contributed by atoms with Gasteiger partial charge < -0.3 is 9.73 Å². The van der Waals surface area contributed by atoms with Gasteiger partial charge in [0, 0.05) is 23.2 Å². The molecule has 0 saturated heterocycles. The molecular formula is C16H15FN2OS. The Kier molecular flexibility index (Phi) is 4.13. The van der Waals surface area contributed by atoms with E-state index in [1.54, 1.807) is 23.5 Å². The first-order valence-corrected chi connectivity index (χ1v) is 7.49. The Labute approximate surface area is 126 Å². The molecule has 0 fully saturated rings. The molecule has 2 aromatic heterocycles. The van der Waals surface area contributed by atoms with Gasteiger partial charge in [-0.15, -0.1) is 11.3 Å². The predicted octanol–water partition coefficient (Wildman–Crippen LogP) is 4.14. The third-order valence-electron chi connectivity index (χ3n) is 3.03. The molecule has 0 radical (unpaired) electrons. The lowest BCUT2D eigenvalue weighted by Gasteiger charge is -2.00. The monoisotopic (exact) mass is 302 g/mol. The van der Waals surface area contributed by atoms with Gasteiger partial charge >= 0.3 is 0 Å². The lowest BCUT2D eigenvalue weighted by Crippen LogP contribution is -2.11. The van der Waals surface area contributed by atoms with E-state index >= 15 is 0 Å². The van der Waals surface area contributed by atoms with E-state index in [9.17, 15) is 4.39 Å². The average Bonchev–Trinajstić information content (AvgIpc) is 3.09. The molecule has 1 aromatic carbocycles. The van der Waals surface area contributed by atoms with Gasteiger partial charge in [-0.1, -0.05) is 0 Å². The Morgan fingerprint density at radius 1 is 1.14 bits per heavy atom. The number of halogens is 1. The van der Waals surface area contributed by atoms with Crippen LogP contribution in [0.25, 0.3) is 11.3 Å². The van der Waals surface area contributed by atoms with Crippen LogP contribution in [0.3, 0.4) is 0 Å². The summed E-state index contributed by atoms with van der Waals surface area (Å²) in [5.74, 6) is 1.35. The maximum absolute atomic E-state index is 12.9. The van der Waals surface area contributed by atoms with Crippen molar-refractivity contribution in [3.63, 3.8) is 0 Å². The van der Waals surface area contributed by atoms with Gasteiger partial charge in [-0.3, -0.25) is 0 Å². The molecule has 2 heterocycles. The van der Waals surface area contributed by atoms with E-state index in [0.29, 0.717) is 6.54 Å². The predicted molar refractivity (Wildman–Crippen MR) is 81.5 cm³/mol. The number of hydrogen-bond donors (Lipinski definition) is 1. The van der Waals surface area contributed by atoms with Crippen molar-refractivity contribution < 1.29 is 8.81 Å². The fraction of sp³-hybridized carbons (Fsp3) is 0.188. The quantitative estimate of drug-likeness (QED) is 0.769. The Hall–Kier alpha value is -1.98. The van der Waals surface area contributed by atoms with Crippen LogP contribution in [0.15, 0.2) is 47.0 Å². The van der Waals surface area contributed by atoms with Gasteiger partial charge in [-0.25, -0.2) is 9.37 Å². The number of nitrogens with one attached hydrogen (secondary N) is 1. The maximum Gasteiger partial charge on any atom is 0.134 e. The number of aromatic nitrogens is 1. The molecule has 0 unspecified atom stereocenters. The first-order chi connectivity index (χ1) is 10.2. The highest BCUT2D eigenvalue weighted by Gasteiger charge is 2.05. The van der Waals surface area contributed by atoms with Crippen LogP contribution >= 0.6 is 11.3 Å². The van der Waals surface area contributed by atoms with Crippen LogP contribution in [0.4, 0.5) is 4.39 Å². The summed E-state index contributed by atoms with van der Waals surface area (Å²) in [5, 5.41) is 4.37. The van der Waals surface area contributed by atoms with E-state index in [0.717, 1.165) is 28.6 Å². The second kappa shape index (κ2) is 6.20. The van der Waals surface area contributed by atoms with E-state index in [1.165, 1.54) is 17.0 Å². The number of rotatable bonds is 5. The van der Waals surface area contributed by atoms with Gasteiger partial charge in [0.05, 0.1) is 6.54 Å². The van der Waals surface area contributed by atoms with E-state index in [2.05, 4.69) is 10.3 Å². The Morgan fingerprint density at radius 3 is 2.67 bits per heavy atom. The second-order valence-electron chi connectivity index (χ2n) is 4.74. The molecule has 0 saturated carbocycles. The van der Waals surface area contributed by atoms with Crippen molar-refractivity contribution in [3.05, 3.63) is 64.1 Å². The number of thiazole rings is 1. The zero-order chi connectivity index (χ0) is 14.7. The second-order valence-corrected chi connectivity index (χ2v) is 6.06. The van der Waals surface area contributed by atoms with Crippen molar-refractivity contribution in [2.45, 2.75) is 20.0 Å². The van der Waals surface area contributed by atoms with Crippen LogP contribution in [0.2, 0.25) is 0 Å². The molecule has 108 valence electrons. The molecule has 21 heavy (non-hydrogen) atoms. The molecule has 0 atom stereocenters. The van der Waals surface area contributed by atoms with Crippen LogP contribution in [0.5, 0.6) is 0 Å². The van der Waals surface area contributed by atoms with E-state index in [1.807, 2.05) is 25.3 Å². The Morgan fingerprint density at radius 2 is 1.95 bits per heavy atom. The summed E-state index contributed by atoms with van der Waals surface area (Å²) in [6.07, 6.45) is 1.88. The highest BCUT2D eigenvalue weighted by molar-refractivity contribution is 7.11. The standard InChI is InChI=1S/C16H15FN2OS/c1-11-8-19-16(21-11)10-18-9-14-6-7-15(20-14)12-2-4-13(17)5-3-12/h2-8,18H,9-10H2,1H3. The summed E-state index contributed by atoms with van der Waals surface area (Å²) >= 11 is 1.69. The summed E-state index contributed by atoms with van der Waals surface area (Å²) in [6, 6.07) is 10.1. The molecule has 5 heteroatoms. The molecule has 0 spiro atoms. The molecule has 0 aliphatic heterocycles. The summed E-state index contributed by atoms with van der Waals surface area (Å²) in [6.45, 7) is 3.41. The van der Waals surface area contributed by atoms with Crippen molar-refractivity contribution in [2.24, 2.45) is 0 Å². The zero-order valence-corrected chi connectivity index (χ0v) is 12.4. The van der Waals surface area contributed by atoms with Crippen molar-refractivity contribution in [2.75, 3.05) is 0 Å². The highest BCUT2D eigenvalue weighted by Crippen LogP contribution is 2.22. The van der Waals surface area contributed by atoms with Crippen molar-refractivity contribution in [1.29, 1.82) is 0 Å². The van der Waals surface area contributed by atoms with Gasteiger partial charge in [0.15, 0.2) is 0 Å². The zero-order valence-electron chi connectivity index (χ0n) is 11.6. The van der Waals surface area contributed by atoms with E-state index in [4.69, 9.17) is 4.42 Å². The molecule has 0 aliphatic carbocycles. The van der Waals surface area contributed by atoms with Gasteiger partial charge in [0.25, 0.3) is 0 Å². The minimum absolute atomic E-state index is 0.245. The maximum atomic E-state index is 12.9. The molecule has 3 rings (SSSR count). The normalized spacial score (nSPS) is 11.0. The molecule has 3 nitrogen and oxygen atoms in total. The number of hydrogen-bond acceptors (Lipinski definition) is 4. The van der Waals surface area contributed by atoms with Crippen LogP contribution in [-0.4, -0.2) is 4.98 Å². The van der Waals surface area contributed by atoms with Gasteiger partial charge in [0.2, 0.25) is 0 Å². The van der Waals surface area contributed by atoms with Crippen LogP contribution < -0.4 is 5.32 Å². The average molecular weight is 302 g/mol. The van der Waals surface area contributed by atoms with Crippen molar-refractivity contribution in [1.82, 2.24) is 10.3 Å². The van der Waals surface area contributed by atoms with Crippen LogP contribution in [-0.2, 0) is 13.1 Å². The molecular weight excluding hydrogens is 287 g/mol. The molecule has 1 N–H and O–H groups in total. The number of benzene rings is 1. The number of furan rings is 1. The van der Waals surface area contributed by atoms with Crippen LogP contribution in [0.1, 0.15) is 15.6 Å². The van der Waals surface area contributed by atoms with Crippen molar-refractivity contribution in [3.8, 4) is 11.3 Å². The largest absolute Gasteiger partial charge is 0.460 e. The smallest absolute Gasteiger partial charge is 0.134 e. The summed E-state index contributed by atoms with van der Waals surface area (Å²) in [7, 11) is 0. The summed E-state index contributed by atoms with van der Waals surface area (Å²) in [4.78, 5) is 5.51. The topological polar surface area (TPSA) is 38.1 Å².